The predicted molar refractivity (Wildman–Crippen MR) is 117 cm³/mol. The molecule has 1 aliphatic carbocycles. The summed E-state index contributed by atoms with van der Waals surface area (Å²) in [7, 11) is 0. The van der Waals surface area contributed by atoms with Crippen molar-refractivity contribution in [3.05, 3.63) is 69.2 Å². The molecule has 4 aromatic rings. The summed E-state index contributed by atoms with van der Waals surface area (Å²) in [6.07, 6.45) is 4.41. The lowest BCUT2D eigenvalue weighted by Gasteiger charge is -2.08. The molecule has 0 spiro atoms. The molecule has 30 heavy (non-hydrogen) atoms. The molecule has 1 fully saturated rings. The number of carbonyl (C=O) groups is 1. The van der Waals surface area contributed by atoms with Gasteiger partial charge >= 0.3 is 5.63 Å². The number of halogens is 1. The van der Waals surface area contributed by atoms with E-state index in [1.807, 2.05) is 37.3 Å². The van der Waals surface area contributed by atoms with Crippen molar-refractivity contribution in [1.82, 2.24) is 5.32 Å². The van der Waals surface area contributed by atoms with Gasteiger partial charge in [0.2, 0.25) is 5.91 Å². The molecule has 2 aromatic heterocycles. The predicted octanol–water partition coefficient (Wildman–Crippen LogP) is 5.38. The van der Waals surface area contributed by atoms with Gasteiger partial charge in [-0.1, -0.05) is 23.7 Å². The number of benzene rings is 2. The van der Waals surface area contributed by atoms with E-state index in [-0.39, 0.29) is 12.3 Å². The normalized spacial score (nSPS) is 13.8. The SMILES string of the molecule is Cc1c(CCC(=O)NC2CC2)c(=O)oc2cc3occ(-c4ccc(Cl)cc4)c3cc12. The number of hydrogen-bond acceptors (Lipinski definition) is 4. The van der Waals surface area contributed by atoms with Gasteiger partial charge in [0.05, 0.1) is 6.26 Å². The molecule has 0 radical (unpaired) electrons. The first-order valence-electron chi connectivity index (χ1n) is 10.0. The van der Waals surface area contributed by atoms with E-state index >= 15 is 0 Å². The van der Waals surface area contributed by atoms with Crippen molar-refractivity contribution in [3.63, 3.8) is 0 Å². The van der Waals surface area contributed by atoms with Crippen LogP contribution in [0.25, 0.3) is 33.1 Å². The first-order chi connectivity index (χ1) is 14.5. The maximum absolute atomic E-state index is 12.6. The van der Waals surface area contributed by atoms with Gasteiger partial charge in [0.15, 0.2) is 0 Å². The number of furan rings is 1. The van der Waals surface area contributed by atoms with Gasteiger partial charge in [-0.2, -0.15) is 0 Å². The third kappa shape index (κ3) is 3.50. The lowest BCUT2D eigenvalue weighted by atomic mass is 9.99. The van der Waals surface area contributed by atoms with Crippen LogP contribution in [0, 0.1) is 6.92 Å². The minimum Gasteiger partial charge on any atom is -0.464 e. The maximum atomic E-state index is 12.6. The summed E-state index contributed by atoms with van der Waals surface area (Å²) in [6, 6.07) is 11.6. The van der Waals surface area contributed by atoms with Crippen LogP contribution in [0.4, 0.5) is 0 Å². The molecule has 0 aliphatic heterocycles. The number of fused-ring (bicyclic) bond motifs is 2. The number of rotatable bonds is 5. The van der Waals surface area contributed by atoms with Crippen LogP contribution in [0.1, 0.15) is 30.4 Å². The van der Waals surface area contributed by atoms with E-state index in [9.17, 15) is 9.59 Å². The monoisotopic (exact) mass is 421 g/mol. The summed E-state index contributed by atoms with van der Waals surface area (Å²) in [5.74, 6) is -0.0216. The Morgan fingerprint density at radius 3 is 2.63 bits per heavy atom. The Morgan fingerprint density at radius 1 is 1.13 bits per heavy atom. The Labute approximate surface area is 177 Å². The summed E-state index contributed by atoms with van der Waals surface area (Å²) >= 11 is 6.01. The smallest absolute Gasteiger partial charge is 0.339 e. The quantitative estimate of drug-likeness (QED) is 0.439. The van der Waals surface area contributed by atoms with Gasteiger partial charge in [-0.25, -0.2) is 4.79 Å². The molecule has 0 bridgehead atoms. The van der Waals surface area contributed by atoms with Crippen molar-refractivity contribution >= 4 is 39.4 Å². The highest BCUT2D eigenvalue weighted by Gasteiger charge is 2.23. The summed E-state index contributed by atoms with van der Waals surface area (Å²) in [5.41, 5.74) is 4.04. The highest BCUT2D eigenvalue weighted by molar-refractivity contribution is 6.30. The lowest BCUT2D eigenvalue weighted by Crippen LogP contribution is -2.26. The molecule has 152 valence electrons. The van der Waals surface area contributed by atoms with E-state index in [0.29, 0.717) is 34.2 Å². The number of amides is 1. The molecule has 0 atom stereocenters. The minimum atomic E-state index is -0.400. The van der Waals surface area contributed by atoms with Crippen LogP contribution in [0.3, 0.4) is 0 Å². The summed E-state index contributed by atoms with van der Waals surface area (Å²) in [6.45, 7) is 1.90. The Kier molecular flexibility index (Phi) is 4.63. The van der Waals surface area contributed by atoms with Gasteiger partial charge in [-0.15, -0.1) is 0 Å². The summed E-state index contributed by atoms with van der Waals surface area (Å²) in [5, 5.41) is 5.40. The number of aryl methyl sites for hydroxylation is 1. The first-order valence-corrected chi connectivity index (χ1v) is 10.4. The van der Waals surface area contributed by atoms with Crippen LogP contribution in [-0.2, 0) is 11.2 Å². The standard InChI is InChI=1S/C24H20ClNO4/c1-13-17(8-9-23(27)26-16-6-7-16)24(28)30-22-11-21-19(10-18(13)22)20(12-29-21)14-2-4-15(25)5-3-14/h2-5,10-12,16H,6-9H2,1H3,(H,26,27). The van der Waals surface area contributed by atoms with Gasteiger partial charge < -0.3 is 14.2 Å². The van der Waals surface area contributed by atoms with Gasteiger partial charge in [-0.3, -0.25) is 4.79 Å². The second kappa shape index (κ2) is 7.33. The minimum absolute atomic E-state index is 0.0216. The second-order valence-electron chi connectivity index (χ2n) is 7.84. The summed E-state index contributed by atoms with van der Waals surface area (Å²) < 4.78 is 11.3. The fraction of sp³-hybridized carbons (Fsp3) is 0.250. The van der Waals surface area contributed by atoms with Gasteiger partial charge in [0.25, 0.3) is 0 Å². The van der Waals surface area contributed by atoms with Crippen molar-refractivity contribution in [2.75, 3.05) is 0 Å². The van der Waals surface area contributed by atoms with E-state index in [1.54, 1.807) is 12.3 Å². The van der Waals surface area contributed by atoms with Crippen LogP contribution < -0.4 is 10.9 Å². The van der Waals surface area contributed by atoms with Crippen LogP contribution in [-0.4, -0.2) is 11.9 Å². The molecule has 5 rings (SSSR count). The Morgan fingerprint density at radius 2 is 1.90 bits per heavy atom. The van der Waals surface area contributed by atoms with E-state index in [0.717, 1.165) is 40.3 Å². The second-order valence-corrected chi connectivity index (χ2v) is 8.27. The van der Waals surface area contributed by atoms with Gasteiger partial charge in [0.1, 0.15) is 11.2 Å². The molecule has 1 aliphatic rings. The zero-order valence-electron chi connectivity index (χ0n) is 16.5. The highest BCUT2D eigenvalue weighted by Crippen LogP contribution is 2.35. The van der Waals surface area contributed by atoms with Crippen LogP contribution in [0.15, 0.2) is 56.3 Å². The molecular weight excluding hydrogens is 402 g/mol. The summed E-state index contributed by atoms with van der Waals surface area (Å²) in [4.78, 5) is 24.6. The van der Waals surface area contributed by atoms with E-state index in [2.05, 4.69) is 5.32 Å². The topological polar surface area (TPSA) is 72.5 Å². The Balaban J connectivity index is 1.55. The van der Waals surface area contributed by atoms with E-state index in [1.165, 1.54) is 0 Å². The molecule has 2 heterocycles. The van der Waals surface area contributed by atoms with Gasteiger partial charge in [-0.05, 0) is 55.5 Å². The highest BCUT2D eigenvalue weighted by atomic mass is 35.5. The van der Waals surface area contributed by atoms with Crippen LogP contribution in [0.5, 0.6) is 0 Å². The molecular formula is C24H20ClNO4. The fourth-order valence-corrected chi connectivity index (χ4v) is 3.94. The molecule has 1 saturated carbocycles. The molecule has 5 nitrogen and oxygen atoms in total. The maximum Gasteiger partial charge on any atom is 0.339 e. The fourth-order valence-electron chi connectivity index (χ4n) is 3.82. The van der Waals surface area contributed by atoms with Crippen molar-refractivity contribution < 1.29 is 13.6 Å². The largest absolute Gasteiger partial charge is 0.464 e. The van der Waals surface area contributed by atoms with Crippen LogP contribution >= 0.6 is 11.6 Å². The Bertz CT molecular complexity index is 1330. The van der Waals surface area contributed by atoms with Crippen molar-refractivity contribution in [3.8, 4) is 11.1 Å². The van der Waals surface area contributed by atoms with Crippen LogP contribution in [0.2, 0.25) is 5.02 Å². The molecule has 1 N–H and O–H groups in total. The number of hydrogen-bond donors (Lipinski definition) is 1. The average Bonchev–Trinajstić information content (AvgIpc) is 3.44. The van der Waals surface area contributed by atoms with Gasteiger partial charge in [0, 0.05) is 45.5 Å². The first kappa shape index (κ1) is 18.9. The van der Waals surface area contributed by atoms with E-state index in [4.69, 9.17) is 20.4 Å². The van der Waals surface area contributed by atoms with Crippen molar-refractivity contribution in [2.24, 2.45) is 0 Å². The zero-order chi connectivity index (χ0) is 20.8. The molecule has 1 amide bonds. The number of carbonyl (C=O) groups excluding carboxylic acids is 1. The molecule has 0 unspecified atom stereocenters. The molecule has 0 saturated heterocycles. The number of nitrogens with one attached hydrogen (secondary N) is 1. The Hall–Kier alpha value is -3.05. The zero-order valence-corrected chi connectivity index (χ0v) is 17.2. The van der Waals surface area contributed by atoms with E-state index < -0.39 is 5.63 Å². The molecule has 2 aromatic carbocycles. The van der Waals surface area contributed by atoms with Crippen molar-refractivity contribution in [2.45, 2.75) is 38.6 Å². The molecule has 6 heteroatoms. The third-order valence-corrected chi connectivity index (χ3v) is 5.93. The lowest BCUT2D eigenvalue weighted by molar-refractivity contribution is -0.121. The van der Waals surface area contributed by atoms with Crippen molar-refractivity contribution in [1.29, 1.82) is 0 Å². The third-order valence-electron chi connectivity index (χ3n) is 5.68. The average molecular weight is 422 g/mol.